The molecule has 3 atom stereocenters. The number of pyridine rings is 1. The van der Waals surface area contributed by atoms with Gasteiger partial charge in [0.1, 0.15) is 11.6 Å². The molecule has 0 unspecified atom stereocenters. The molecule has 4 rings (SSSR count). The van der Waals surface area contributed by atoms with Gasteiger partial charge in [0.2, 0.25) is 0 Å². The number of hydrogen-bond acceptors (Lipinski definition) is 6. The van der Waals surface area contributed by atoms with Crippen LogP contribution in [-0.2, 0) is 22.3 Å². The van der Waals surface area contributed by atoms with Crippen molar-refractivity contribution in [3.8, 4) is 0 Å². The van der Waals surface area contributed by atoms with Crippen LogP contribution in [0, 0.1) is 0 Å². The van der Waals surface area contributed by atoms with Gasteiger partial charge >= 0.3 is 0 Å². The van der Waals surface area contributed by atoms with E-state index in [9.17, 15) is 5.11 Å². The summed E-state index contributed by atoms with van der Waals surface area (Å²) in [4.78, 5) is 7.09. The maximum atomic E-state index is 10.6. The van der Waals surface area contributed by atoms with Crippen LogP contribution in [0.3, 0.4) is 0 Å². The van der Waals surface area contributed by atoms with E-state index in [2.05, 4.69) is 48.0 Å². The Morgan fingerprint density at radius 3 is 2.75 bits per heavy atom. The number of anilines is 1. The van der Waals surface area contributed by atoms with Gasteiger partial charge in [0.25, 0.3) is 0 Å². The number of aliphatic hydroxyl groups is 1. The second-order valence-corrected chi connectivity index (χ2v) is 10.4. The van der Waals surface area contributed by atoms with Crippen molar-refractivity contribution in [1.82, 2.24) is 9.88 Å². The SMILES string of the molecule is C=C(O)[C@@H](c1ccccc1[C@H](C)OC(C)C)N1CC[C@@H](OCCCCc2ccc3c(n2)NCCC3)C1. The van der Waals surface area contributed by atoms with Crippen LogP contribution in [0.25, 0.3) is 0 Å². The van der Waals surface area contributed by atoms with Crippen molar-refractivity contribution < 1.29 is 14.6 Å². The smallest absolute Gasteiger partial charge is 0.129 e. The Bertz CT molecular complexity index is 1010. The van der Waals surface area contributed by atoms with E-state index in [1.807, 2.05) is 26.0 Å². The van der Waals surface area contributed by atoms with E-state index in [1.165, 1.54) is 12.0 Å². The summed E-state index contributed by atoms with van der Waals surface area (Å²) in [7, 11) is 0. The lowest BCUT2D eigenvalue weighted by Gasteiger charge is -2.30. The third-order valence-corrected chi connectivity index (χ3v) is 7.19. The van der Waals surface area contributed by atoms with Crippen LogP contribution in [0.4, 0.5) is 5.82 Å². The highest BCUT2D eigenvalue weighted by molar-refractivity contribution is 5.47. The van der Waals surface area contributed by atoms with Crippen LogP contribution >= 0.6 is 0 Å². The Morgan fingerprint density at radius 1 is 1.17 bits per heavy atom. The van der Waals surface area contributed by atoms with E-state index in [-0.39, 0.29) is 30.1 Å². The van der Waals surface area contributed by atoms with Gasteiger partial charge in [0, 0.05) is 31.9 Å². The zero-order valence-corrected chi connectivity index (χ0v) is 22.2. The molecule has 0 radical (unpaired) electrons. The van der Waals surface area contributed by atoms with Crippen LogP contribution in [-0.4, -0.2) is 53.4 Å². The Hall–Kier alpha value is -2.41. The quantitative estimate of drug-likeness (QED) is 0.273. The summed E-state index contributed by atoms with van der Waals surface area (Å²) in [6.07, 6.45) is 6.60. The Morgan fingerprint density at radius 2 is 1.97 bits per heavy atom. The van der Waals surface area contributed by atoms with Gasteiger partial charge in [-0.05, 0) is 82.1 Å². The van der Waals surface area contributed by atoms with Gasteiger partial charge < -0.3 is 19.9 Å². The normalized spacial score (nSPS) is 19.6. The van der Waals surface area contributed by atoms with Crippen molar-refractivity contribution in [2.24, 2.45) is 0 Å². The lowest BCUT2D eigenvalue weighted by Crippen LogP contribution is -2.30. The topological polar surface area (TPSA) is 66.9 Å². The third kappa shape index (κ3) is 6.87. The molecule has 1 saturated heterocycles. The van der Waals surface area contributed by atoms with Crippen LogP contribution in [0.2, 0.25) is 0 Å². The molecule has 0 spiro atoms. The van der Waals surface area contributed by atoms with E-state index >= 15 is 0 Å². The van der Waals surface area contributed by atoms with Gasteiger partial charge in [0.15, 0.2) is 0 Å². The molecule has 1 fully saturated rings. The molecule has 0 bridgehead atoms. The molecule has 1 aromatic heterocycles. The molecule has 2 aliphatic rings. The number of aliphatic hydroxyl groups excluding tert-OH is 1. The lowest BCUT2D eigenvalue weighted by atomic mass is 9.95. The van der Waals surface area contributed by atoms with Crippen molar-refractivity contribution in [2.75, 3.05) is 31.6 Å². The number of ether oxygens (including phenoxy) is 2. The summed E-state index contributed by atoms with van der Waals surface area (Å²) in [5.74, 6) is 1.25. The maximum Gasteiger partial charge on any atom is 0.129 e. The molecule has 3 heterocycles. The maximum absolute atomic E-state index is 10.6. The molecular weight excluding hydrogens is 450 g/mol. The highest BCUT2D eigenvalue weighted by atomic mass is 16.5. The van der Waals surface area contributed by atoms with Gasteiger partial charge in [-0.15, -0.1) is 0 Å². The number of likely N-dealkylation sites (tertiary alicyclic amines) is 1. The number of rotatable bonds is 12. The number of fused-ring (bicyclic) bond motifs is 1. The number of aromatic nitrogens is 1. The second kappa shape index (κ2) is 12.7. The van der Waals surface area contributed by atoms with Gasteiger partial charge in [-0.2, -0.15) is 0 Å². The first-order chi connectivity index (χ1) is 17.4. The van der Waals surface area contributed by atoms with Crippen LogP contribution in [0.5, 0.6) is 0 Å². The average Bonchev–Trinajstić information content (AvgIpc) is 3.31. The molecule has 36 heavy (non-hydrogen) atoms. The number of unbranched alkanes of at least 4 members (excludes halogenated alkanes) is 1. The Kier molecular flexibility index (Phi) is 9.41. The zero-order chi connectivity index (χ0) is 25.5. The highest BCUT2D eigenvalue weighted by Crippen LogP contribution is 2.35. The van der Waals surface area contributed by atoms with Crippen molar-refractivity contribution in [3.05, 3.63) is 71.1 Å². The number of benzene rings is 1. The summed E-state index contributed by atoms with van der Waals surface area (Å²) >= 11 is 0. The van der Waals surface area contributed by atoms with Gasteiger partial charge in [-0.1, -0.05) is 36.9 Å². The molecule has 6 nitrogen and oxygen atoms in total. The van der Waals surface area contributed by atoms with Crippen LogP contribution in [0.15, 0.2) is 48.7 Å². The average molecular weight is 494 g/mol. The highest BCUT2D eigenvalue weighted by Gasteiger charge is 2.33. The molecule has 0 aliphatic carbocycles. The second-order valence-electron chi connectivity index (χ2n) is 10.4. The van der Waals surface area contributed by atoms with Crippen molar-refractivity contribution in [2.45, 2.75) is 83.6 Å². The Balaban J connectivity index is 1.26. The predicted molar refractivity (Wildman–Crippen MR) is 146 cm³/mol. The van der Waals surface area contributed by atoms with Crippen molar-refractivity contribution >= 4 is 5.82 Å². The molecule has 196 valence electrons. The summed E-state index contributed by atoms with van der Waals surface area (Å²) in [6, 6.07) is 12.4. The van der Waals surface area contributed by atoms with Gasteiger partial charge in [-0.25, -0.2) is 4.98 Å². The number of nitrogens with zero attached hydrogens (tertiary/aromatic N) is 2. The zero-order valence-electron chi connectivity index (χ0n) is 22.2. The summed E-state index contributed by atoms with van der Waals surface area (Å²) in [6.45, 7) is 13.5. The first-order valence-electron chi connectivity index (χ1n) is 13.6. The van der Waals surface area contributed by atoms with E-state index in [0.29, 0.717) is 0 Å². The first-order valence-corrected chi connectivity index (χ1v) is 13.6. The number of aryl methyl sites for hydroxylation is 2. The monoisotopic (exact) mass is 493 g/mol. The predicted octanol–water partition coefficient (Wildman–Crippen LogP) is 6.15. The molecule has 1 aromatic carbocycles. The minimum Gasteiger partial charge on any atom is -0.511 e. The summed E-state index contributed by atoms with van der Waals surface area (Å²) in [5.41, 5.74) is 4.66. The molecule has 2 aromatic rings. The van der Waals surface area contributed by atoms with Crippen LogP contribution in [0.1, 0.15) is 81.0 Å². The first kappa shape index (κ1) is 26.6. The largest absolute Gasteiger partial charge is 0.511 e. The van der Waals surface area contributed by atoms with E-state index in [4.69, 9.17) is 14.5 Å². The van der Waals surface area contributed by atoms with E-state index in [1.54, 1.807) is 0 Å². The molecule has 2 N–H and O–H groups in total. The van der Waals surface area contributed by atoms with Gasteiger partial charge in [-0.3, -0.25) is 4.90 Å². The fraction of sp³-hybridized carbons (Fsp3) is 0.567. The van der Waals surface area contributed by atoms with Gasteiger partial charge in [0.05, 0.1) is 24.4 Å². The number of hydrogen-bond donors (Lipinski definition) is 2. The summed E-state index contributed by atoms with van der Waals surface area (Å²) < 4.78 is 12.3. The summed E-state index contributed by atoms with van der Waals surface area (Å²) in [5, 5.41) is 14.0. The van der Waals surface area contributed by atoms with E-state index in [0.717, 1.165) is 81.0 Å². The lowest BCUT2D eigenvalue weighted by molar-refractivity contribution is 0.0164. The van der Waals surface area contributed by atoms with Crippen molar-refractivity contribution in [3.63, 3.8) is 0 Å². The number of nitrogens with one attached hydrogen (secondary N) is 1. The third-order valence-electron chi connectivity index (χ3n) is 7.19. The molecule has 0 saturated carbocycles. The van der Waals surface area contributed by atoms with E-state index < -0.39 is 0 Å². The minimum absolute atomic E-state index is 0.0573. The molecule has 2 aliphatic heterocycles. The van der Waals surface area contributed by atoms with Crippen LogP contribution < -0.4 is 5.32 Å². The minimum atomic E-state index is -0.253. The Labute approximate surface area is 216 Å². The standard InChI is InChI=1S/C30H43N3O3/c1-21(2)36-23(4)27-12-5-6-13-28(27)29(22(3)34)33-18-16-26(20-33)35-19-8-7-11-25-15-14-24-10-9-17-31-30(24)32-25/h5-6,12-15,21,23,26,29,34H,3,7-11,16-20H2,1-2,4H3,(H,31,32)/t23-,26+,29-/m0/s1. The molecule has 6 heteroatoms. The fourth-order valence-electron chi connectivity index (χ4n) is 5.49. The van der Waals surface area contributed by atoms with Crippen molar-refractivity contribution in [1.29, 1.82) is 0 Å². The molecule has 0 amide bonds. The fourth-order valence-corrected chi connectivity index (χ4v) is 5.49. The molecular formula is C30H43N3O3.